The van der Waals surface area contributed by atoms with Gasteiger partial charge in [0.2, 0.25) is 21.8 Å². The highest BCUT2D eigenvalue weighted by Gasteiger charge is 2.26. The molecule has 0 spiro atoms. The number of hydrogen-bond acceptors (Lipinski definition) is 5. The molecule has 0 saturated heterocycles. The molecule has 0 fully saturated rings. The van der Waals surface area contributed by atoms with Gasteiger partial charge in [0.25, 0.3) is 0 Å². The average molecular weight is 552 g/mol. The number of halogens is 1. The number of aryl methyl sites for hydroxylation is 1. The fraction of sp³-hybridized carbons (Fsp3) is 0.481. The first kappa shape index (κ1) is 30.4. The van der Waals surface area contributed by atoms with Gasteiger partial charge in [0.15, 0.2) is 0 Å². The van der Waals surface area contributed by atoms with E-state index in [1.165, 1.54) is 17.5 Å². The number of anilines is 1. The second-order valence-corrected chi connectivity index (χ2v) is 11.4. The summed E-state index contributed by atoms with van der Waals surface area (Å²) in [4.78, 5) is 27.7. The zero-order valence-corrected chi connectivity index (χ0v) is 23.9. The maximum absolute atomic E-state index is 13.4. The summed E-state index contributed by atoms with van der Waals surface area (Å²) < 4.78 is 31.4. The Kier molecular flexibility index (Phi) is 11.7. The summed E-state index contributed by atoms with van der Waals surface area (Å²) in [6.07, 6.45) is 3.27. The van der Waals surface area contributed by atoms with E-state index in [0.717, 1.165) is 30.2 Å². The molecule has 8 nitrogen and oxygen atoms in total. The zero-order chi connectivity index (χ0) is 27.6. The van der Waals surface area contributed by atoms with Gasteiger partial charge < -0.3 is 15.0 Å². The molecule has 0 aliphatic rings. The van der Waals surface area contributed by atoms with Gasteiger partial charge in [-0.3, -0.25) is 13.9 Å². The monoisotopic (exact) mass is 551 g/mol. The SMILES string of the molecule is CCCCNC(=O)[C@@H](C)N(Cc1cccc(C)c1)C(=O)CCCN(c1ccc(OC)c(Cl)c1)S(C)(=O)=O. The van der Waals surface area contributed by atoms with Crippen molar-refractivity contribution < 1.29 is 22.7 Å². The minimum absolute atomic E-state index is 0.0777. The topological polar surface area (TPSA) is 96.0 Å². The predicted octanol–water partition coefficient (Wildman–Crippen LogP) is 4.54. The maximum Gasteiger partial charge on any atom is 0.242 e. The van der Waals surface area contributed by atoms with Crippen molar-refractivity contribution in [2.24, 2.45) is 0 Å². The Morgan fingerprint density at radius 1 is 1.14 bits per heavy atom. The fourth-order valence-electron chi connectivity index (χ4n) is 3.94. The molecule has 2 rings (SSSR count). The molecule has 0 radical (unpaired) electrons. The Labute approximate surface area is 226 Å². The van der Waals surface area contributed by atoms with Crippen LogP contribution in [0, 0.1) is 6.92 Å². The van der Waals surface area contributed by atoms with Crippen molar-refractivity contribution in [3.8, 4) is 5.75 Å². The van der Waals surface area contributed by atoms with E-state index in [1.807, 2.05) is 38.1 Å². The lowest BCUT2D eigenvalue weighted by Gasteiger charge is -2.29. The van der Waals surface area contributed by atoms with E-state index in [1.54, 1.807) is 24.0 Å². The molecule has 37 heavy (non-hydrogen) atoms. The lowest BCUT2D eigenvalue weighted by atomic mass is 10.1. The van der Waals surface area contributed by atoms with Crippen molar-refractivity contribution in [1.29, 1.82) is 0 Å². The number of carbonyl (C=O) groups is 2. The van der Waals surface area contributed by atoms with Crippen molar-refractivity contribution in [2.45, 2.75) is 59.0 Å². The van der Waals surface area contributed by atoms with Crippen LogP contribution in [0.2, 0.25) is 5.02 Å². The Bertz CT molecular complexity index is 1170. The third-order valence-corrected chi connectivity index (χ3v) is 7.50. The predicted molar refractivity (Wildman–Crippen MR) is 149 cm³/mol. The number of benzene rings is 2. The standard InChI is InChI=1S/C27H38ClN3O5S/c1-6-7-15-29-27(33)21(3)30(19-22-11-8-10-20(2)17-22)26(32)12-9-16-31(37(5,34)35)23-13-14-25(36-4)24(28)18-23/h8,10-11,13-14,17-18,21H,6-7,9,12,15-16,19H2,1-5H3,(H,29,33)/t21-/m1/s1. The Morgan fingerprint density at radius 3 is 2.46 bits per heavy atom. The second-order valence-electron chi connectivity index (χ2n) is 9.09. The summed E-state index contributed by atoms with van der Waals surface area (Å²) >= 11 is 6.20. The van der Waals surface area contributed by atoms with Gasteiger partial charge in [-0.2, -0.15) is 0 Å². The van der Waals surface area contributed by atoms with Crippen LogP contribution in [0.15, 0.2) is 42.5 Å². The number of unbranched alkanes of at least 4 members (excludes halogenated alkanes) is 1. The van der Waals surface area contributed by atoms with Gasteiger partial charge in [0.1, 0.15) is 11.8 Å². The number of hydrogen-bond donors (Lipinski definition) is 1. The molecule has 0 aliphatic carbocycles. The summed E-state index contributed by atoms with van der Waals surface area (Å²) in [5, 5.41) is 3.19. The molecule has 1 N–H and O–H groups in total. The number of nitrogens with one attached hydrogen (secondary N) is 1. The highest BCUT2D eigenvalue weighted by Crippen LogP contribution is 2.30. The van der Waals surface area contributed by atoms with Crippen LogP contribution in [0.4, 0.5) is 5.69 Å². The van der Waals surface area contributed by atoms with Crippen LogP contribution in [0.5, 0.6) is 5.75 Å². The molecule has 2 amide bonds. The van der Waals surface area contributed by atoms with Crippen LogP contribution < -0.4 is 14.4 Å². The van der Waals surface area contributed by atoms with Crippen LogP contribution in [-0.2, 0) is 26.2 Å². The first-order chi connectivity index (χ1) is 17.5. The Morgan fingerprint density at radius 2 is 1.86 bits per heavy atom. The zero-order valence-electron chi connectivity index (χ0n) is 22.3. The summed E-state index contributed by atoms with van der Waals surface area (Å²) in [7, 11) is -2.14. The van der Waals surface area contributed by atoms with E-state index in [0.29, 0.717) is 18.0 Å². The van der Waals surface area contributed by atoms with Crippen molar-refractivity contribution in [2.75, 3.05) is 30.8 Å². The Balaban J connectivity index is 2.17. The molecule has 1 atom stereocenters. The number of ether oxygens (including phenoxy) is 1. The summed E-state index contributed by atoms with van der Waals surface area (Å²) in [6, 6.07) is 11.9. The number of rotatable bonds is 14. The highest BCUT2D eigenvalue weighted by atomic mass is 35.5. The molecule has 10 heteroatoms. The molecule has 204 valence electrons. The van der Waals surface area contributed by atoms with Crippen LogP contribution in [0.3, 0.4) is 0 Å². The van der Waals surface area contributed by atoms with Gasteiger partial charge in [-0.15, -0.1) is 0 Å². The largest absolute Gasteiger partial charge is 0.495 e. The summed E-state index contributed by atoms with van der Waals surface area (Å²) in [5.74, 6) is 0.00740. The molecule has 2 aromatic carbocycles. The first-order valence-electron chi connectivity index (χ1n) is 12.4. The van der Waals surface area contributed by atoms with E-state index in [-0.39, 0.29) is 42.8 Å². The molecule has 0 heterocycles. The fourth-order valence-corrected chi connectivity index (χ4v) is 5.15. The maximum atomic E-state index is 13.4. The van der Waals surface area contributed by atoms with E-state index in [2.05, 4.69) is 5.32 Å². The Hall–Kier alpha value is -2.78. The molecule has 0 unspecified atom stereocenters. The molecule has 2 aromatic rings. The summed E-state index contributed by atoms with van der Waals surface area (Å²) in [6.45, 7) is 6.66. The number of amides is 2. The first-order valence-corrected chi connectivity index (χ1v) is 14.6. The average Bonchev–Trinajstić information content (AvgIpc) is 2.84. The van der Waals surface area contributed by atoms with Gasteiger partial charge in [0, 0.05) is 26.1 Å². The second kappa shape index (κ2) is 14.2. The lowest BCUT2D eigenvalue weighted by Crippen LogP contribution is -2.48. The van der Waals surface area contributed by atoms with Gasteiger partial charge in [-0.05, 0) is 50.5 Å². The van der Waals surface area contributed by atoms with Crippen LogP contribution in [0.1, 0.15) is 50.7 Å². The van der Waals surface area contributed by atoms with Crippen molar-refractivity contribution in [3.63, 3.8) is 0 Å². The van der Waals surface area contributed by atoms with E-state index in [9.17, 15) is 18.0 Å². The van der Waals surface area contributed by atoms with Crippen molar-refractivity contribution >= 4 is 39.1 Å². The third kappa shape index (κ3) is 9.23. The van der Waals surface area contributed by atoms with E-state index < -0.39 is 16.1 Å². The van der Waals surface area contributed by atoms with Crippen LogP contribution >= 0.6 is 11.6 Å². The molecule has 0 aliphatic heterocycles. The minimum atomic E-state index is -3.62. The van der Waals surface area contributed by atoms with Gasteiger partial charge in [0.05, 0.1) is 24.1 Å². The molecule has 0 aromatic heterocycles. The normalized spacial score (nSPS) is 12.1. The third-order valence-electron chi connectivity index (χ3n) is 6.01. The summed E-state index contributed by atoms with van der Waals surface area (Å²) in [5.41, 5.74) is 2.38. The van der Waals surface area contributed by atoms with Crippen LogP contribution in [-0.4, -0.2) is 57.6 Å². The molecular weight excluding hydrogens is 514 g/mol. The van der Waals surface area contributed by atoms with Gasteiger partial charge in [-0.25, -0.2) is 8.42 Å². The number of methoxy groups -OCH3 is 1. The smallest absolute Gasteiger partial charge is 0.242 e. The highest BCUT2D eigenvalue weighted by molar-refractivity contribution is 7.92. The van der Waals surface area contributed by atoms with Gasteiger partial charge >= 0.3 is 0 Å². The molecule has 0 bridgehead atoms. The van der Waals surface area contributed by atoms with Crippen LogP contribution in [0.25, 0.3) is 0 Å². The number of sulfonamides is 1. The van der Waals surface area contributed by atoms with Crippen molar-refractivity contribution in [1.82, 2.24) is 10.2 Å². The van der Waals surface area contributed by atoms with Crippen molar-refractivity contribution in [3.05, 3.63) is 58.6 Å². The van der Waals surface area contributed by atoms with E-state index >= 15 is 0 Å². The number of carbonyl (C=O) groups excluding carboxylic acids is 2. The molecular formula is C27H38ClN3O5S. The lowest BCUT2D eigenvalue weighted by molar-refractivity contribution is -0.140. The molecule has 0 saturated carbocycles. The van der Waals surface area contributed by atoms with Gasteiger partial charge in [-0.1, -0.05) is 54.8 Å². The number of nitrogens with zero attached hydrogens (tertiary/aromatic N) is 2. The minimum Gasteiger partial charge on any atom is -0.495 e. The van der Waals surface area contributed by atoms with E-state index in [4.69, 9.17) is 16.3 Å². The quantitative estimate of drug-likeness (QED) is 0.348.